The van der Waals surface area contributed by atoms with Gasteiger partial charge in [0, 0.05) is 15.7 Å². The Morgan fingerprint density at radius 2 is 1.25 bits per heavy atom. The van der Waals surface area contributed by atoms with Crippen LogP contribution in [0.25, 0.3) is 0 Å². The van der Waals surface area contributed by atoms with Gasteiger partial charge in [0.25, 0.3) is 5.69 Å². The second-order valence-corrected chi connectivity index (χ2v) is 6.56. The number of nitro benzene ring substituents is 1. The van der Waals surface area contributed by atoms with E-state index in [-0.39, 0.29) is 5.69 Å². The summed E-state index contributed by atoms with van der Waals surface area (Å²) in [6.45, 7) is 1.35. The highest BCUT2D eigenvalue weighted by Gasteiger charge is 2.04. The van der Waals surface area contributed by atoms with E-state index >= 15 is 0 Å². The van der Waals surface area contributed by atoms with Crippen LogP contribution in [0, 0.1) is 13.7 Å². The molecular formula is C18H20INO4. The fourth-order valence-corrected chi connectivity index (χ4v) is 2.49. The molecule has 0 radical (unpaired) electrons. The van der Waals surface area contributed by atoms with Crippen LogP contribution in [0.1, 0.15) is 25.7 Å². The number of unbranched alkanes of at least 4 members (excludes halogenated alkanes) is 3. The molecule has 2 rings (SSSR count). The largest absolute Gasteiger partial charge is 0.494 e. The van der Waals surface area contributed by atoms with Crippen molar-refractivity contribution < 1.29 is 14.4 Å². The monoisotopic (exact) mass is 441 g/mol. The van der Waals surface area contributed by atoms with Crippen LogP contribution in [0.5, 0.6) is 11.5 Å². The molecule has 0 saturated heterocycles. The van der Waals surface area contributed by atoms with Crippen LogP contribution >= 0.6 is 22.6 Å². The highest BCUT2D eigenvalue weighted by Crippen LogP contribution is 2.18. The van der Waals surface area contributed by atoms with E-state index in [1.807, 2.05) is 24.3 Å². The minimum atomic E-state index is -0.415. The van der Waals surface area contributed by atoms with Crippen molar-refractivity contribution >= 4 is 28.3 Å². The lowest BCUT2D eigenvalue weighted by Crippen LogP contribution is -2.00. The molecule has 0 N–H and O–H groups in total. The van der Waals surface area contributed by atoms with E-state index in [9.17, 15) is 10.1 Å². The van der Waals surface area contributed by atoms with Crippen molar-refractivity contribution in [2.75, 3.05) is 13.2 Å². The zero-order chi connectivity index (χ0) is 17.2. The van der Waals surface area contributed by atoms with Gasteiger partial charge in [-0.15, -0.1) is 0 Å². The summed E-state index contributed by atoms with van der Waals surface area (Å²) in [5, 5.41) is 10.6. The molecular weight excluding hydrogens is 421 g/mol. The third-order valence-electron chi connectivity index (χ3n) is 3.44. The molecule has 5 nitrogen and oxygen atoms in total. The van der Waals surface area contributed by atoms with Gasteiger partial charge in [-0.1, -0.05) is 0 Å². The van der Waals surface area contributed by atoms with Crippen LogP contribution in [-0.4, -0.2) is 18.1 Å². The molecule has 0 fully saturated rings. The van der Waals surface area contributed by atoms with Crippen molar-refractivity contribution in [1.82, 2.24) is 0 Å². The van der Waals surface area contributed by atoms with E-state index in [1.165, 1.54) is 15.7 Å². The van der Waals surface area contributed by atoms with E-state index < -0.39 is 4.92 Å². The molecule has 0 unspecified atom stereocenters. The molecule has 24 heavy (non-hydrogen) atoms. The van der Waals surface area contributed by atoms with Gasteiger partial charge in [0.2, 0.25) is 0 Å². The number of nitro groups is 1. The van der Waals surface area contributed by atoms with Crippen LogP contribution in [0.2, 0.25) is 0 Å². The van der Waals surface area contributed by atoms with Gasteiger partial charge in [0.1, 0.15) is 11.5 Å². The summed E-state index contributed by atoms with van der Waals surface area (Å²) in [5.41, 5.74) is 0.0791. The van der Waals surface area contributed by atoms with Gasteiger partial charge in [-0.3, -0.25) is 10.1 Å². The second-order valence-electron chi connectivity index (χ2n) is 5.32. The Labute approximate surface area is 155 Å². The van der Waals surface area contributed by atoms with Crippen LogP contribution in [0.4, 0.5) is 5.69 Å². The molecule has 0 bridgehead atoms. The maximum absolute atomic E-state index is 10.6. The Hall–Kier alpha value is -1.83. The molecule has 0 saturated carbocycles. The third kappa shape index (κ3) is 6.74. The van der Waals surface area contributed by atoms with Crippen molar-refractivity contribution in [2.45, 2.75) is 25.7 Å². The fraction of sp³-hybridized carbons (Fsp3) is 0.333. The lowest BCUT2D eigenvalue weighted by Gasteiger charge is -2.07. The first-order valence-electron chi connectivity index (χ1n) is 7.91. The molecule has 0 aromatic heterocycles. The molecule has 128 valence electrons. The van der Waals surface area contributed by atoms with E-state index in [0.717, 1.165) is 38.0 Å². The van der Waals surface area contributed by atoms with Crippen LogP contribution in [0.3, 0.4) is 0 Å². The van der Waals surface area contributed by atoms with E-state index in [1.54, 1.807) is 12.1 Å². The summed E-state index contributed by atoms with van der Waals surface area (Å²) in [7, 11) is 0. The van der Waals surface area contributed by atoms with E-state index in [2.05, 4.69) is 22.6 Å². The average molecular weight is 441 g/mol. The third-order valence-corrected chi connectivity index (χ3v) is 4.16. The van der Waals surface area contributed by atoms with Gasteiger partial charge in [-0.2, -0.15) is 0 Å². The van der Waals surface area contributed by atoms with Crippen LogP contribution in [0.15, 0.2) is 48.5 Å². The SMILES string of the molecule is O=[N+]([O-])c1ccc(OCCCCCCOc2ccc(I)cc2)cc1. The predicted molar refractivity (Wildman–Crippen MR) is 102 cm³/mol. The highest BCUT2D eigenvalue weighted by atomic mass is 127. The number of halogens is 1. The molecule has 2 aromatic carbocycles. The molecule has 0 amide bonds. The van der Waals surface area contributed by atoms with Crippen LogP contribution < -0.4 is 9.47 Å². The molecule has 6 heteroatoms. The van der Waals surface area contributed by atoms with Crippen molar-refractivity contribution in [3.63, 3.8) is 0 Å². The minimum Gasteiger partial charge on any atom is -0.494 e. The Balaban J connectivity index is 1.50. The van der Waals surface area contributed by atoms with Gasteiger partial charge in [0.15, 0.2) is 0 Å². The number of ether oxygens (including phenoxy) is 2. The predicted octanol–water partition coefficient (Wildman–Crippen LogP) is 5.22. The molecule has 2 aromatic rings. The second kappa shape index (κ2) is 10.1. The number of rotatable bonds is 10. The topological polar surface area (TPSA) is 61.6 Å². The molecule has 0 atom stereocenters. The molecule has 0 aliphatic carbocycles. The molecule has 0 aliphatic rings. The summed E-state index contributed by atoms with van der Waals surface area (Å²) in [6.07, 6.45) is 4.14. The standard InChI is InChI=1S/C18H20INO4/c19-15-5-9-17(10-6-15)23-13-3-1-2-4-14-24-18-11-7-16(8-12-18)20(21)22/h5-12H,1-4,13-14H2. The van der Waals surface area contributed by atoms with E-state index in [4.69, 9.17) is 9.47 Å². The van der Waals surface area contributed by atoms with Crippen molar-refractivity contribution in [2.24, 2.45) is 0 Å². The van der Waals surface area contributed by atoms with Crippen molar-refractivity contribution in [3.05, 3.63) is 62.2 Å². The number of non-ortho nitro benzene ring substituents is 1. The van der Waals surface area contributed by atoms with Gasteiger partial charge in [0.05, 0.1) is 18.1 Å². The molecule has 0 spiro atoms. The quantitative estimate of drug-likeness (QED) is 0.220. The fourth-order valence-electron chi connectivity index (χ4n) is 2.13. The average Bonchev–Trinajstić information content (AvgIpc) is 2.59. The summed E-state index contributed by atoms with van der Waals surface area (Å²) >= 11 is 2.27. The van der Waals surface area contributed by atoms with Gasteiger partial charge in [-0.25, -0.2) is 0 Å². The van der Waals surface area contributed by atoms with Crippen molar-refractivity contribution in [3.8, 4) is 11.5 Å². The van der Waals surface area contributed by atoms with Crippen molar-refractivity contribution in [1.29, 1.82) is 0 Å². The Morgan fingerprint density at radius 3 is 1.71 bits per heavy atom. The molecule has 0 heterocycles. The zero-order valence-electron chi connectivity index (χ0n) is 13.3. The summed E-state index contributed by atoms with van der Waals surface area (Å²) in [6, 6.07) is 14.2. The Bertz CT molecular complexity index is 628. The Kier molecular flexibility index (Phi) is 7.81. The summed E-state index contributed by atoms with van der Waals surface area (Å²) in [5.74, 6) is 1.58. The van der Waals surface area contributed by atoms with Gasteiger partial charge >= 0.3 is 0 Å². The number of hydrogen-bond acceptors (Lipinski definition) is 4. The summed E-state index contributed by atoms with van der Waals surface area (Å²) < 4.78 is 12.5. The maximum atomic E-state index is 10.6. The number of nitrogens with zero attached hydrogens (tertiary/aromatic N) is 1. The highest BCUT2D eigenvalue weighted by molar-refractivity contribution is 14.1. The zero-order valence-corrected chi connectivity index (χ0v) is 15.5. The van der Waals surface area contributed by atoms with Crippen LogP contribution in [-0.2, 0) is 0 Å². The Morgan fingerprint density at radius 1 is 0.792 bits per heavy atom. The first kappa shape index (κ1) is 18.5. The lowest BCUT2D eigenvalue weighted by molar-refractivity contribution is -0.384. The maximum Gasteiger partial charge on any atom is 0.269 e. The minimum absolute atomic E-state index is 0.0791. The summed E-state index contributed by atoms with van der Waals surface area (Å²) in [4.78, 5) is 10.1. The number of benzene rings is 2. The van der Waals surface area contributed by atoms with Gasteiger partial charge < -0.3 is 9.47 Å². The lowest BCUT2D eigenvalue weighted by atomic mass is 10.2. The molecule has 0 aliphatic heterocycles. The normalized spacial score (nSPS) is 10.4. The first-order chi connectivity index (χ1) is 11.6. The number of hydrogen-bond donors (Lipinski definition) is 0. The smallest absolute Gasteiger partial charge is 0.269 e. The van der Waals surface area contributed by atoms with Gasteiger partial charge in [-0.05, 0) is 84.7 Å². The van der Waals surface area contributed by atoms with E-state index in [0.29, 0.717) is 12.4 Å². The first-order valence-corrected chi connectivity index (χ1v) is 8.98.